The molecule has 7 heteroatoms. The van der Waals surface area contributed by atoms with Crippen molar-refractivity contribution in [3.05, 3.63) is 35.5 Å². The average molecular weight is 374 g/mol. The molecule has 3 rings (SSSR count). The van der Waals surface area contributed by atoms with E-state index in [1.54, 1.807) is 14.2 Å². The summed E-state index contributed by atoms with van der Waals surface area (Å²) >= 11 is 0. The molecule has 1 unspecified atom stereocenters. The molecule has 1 aliphatic rings. The van der Waals surface area contributed by atoms with Gasteiger partial charge in [0.1, 0.15) is 11.5 Å². The van der Waals surface area contributed by atoms with Gasteiger partial charge in [-0.1, -0.05) is 19.0 Å². The summed E-state index contributed by atoms with van der Waals surface area (Å²) in [6, 6.07) is 6.09. The lowest BCUT2D eigenvalue weighted by atomic mass is 10.1. The molecule has 0 bridgehead atoms. The molecule has 1 fully saturated rings. The van der Waals surface area contributed by atoms with Gasteiger partial charge in [0.05, 0.1) is 20.3 Å². The van der Waals surface area contributed by atoms with Crippen LogP contribution in [0.3, 0.4) is 0 Å². The van der Waals surface area contributed by atoms with Crippen LogP contribution in [0.4, 0.5) is 0 Å². The number of aromatic nitrogens is 2. The highest BCUT2D eigenvalue weighted by molar-refractivity contribution is 5.40. The van der Waals surface area contributed by atoms with Gasteiger partial charge in [0, 0.05) is 44.2 Å². The smallest absolute Gasteiger partial charge is 0.243 e. The van der Waals surface area contributed by atoms with Crippen LogP contribution in [-0.4, -0.2) is 60.3 Å². The van der Waals surface area contributed by atoms with E-state index in [0.717, 1.165) is 55.6 Å². The lowest BCUT2D eigenvalue weighted by Crippen LogP contribution is -2.46. The standard InChI is InChI=1S/C20H30N4O3/c1-14(2)19-21-20(27-22-19)15(3)24-10-8-23(9-11-24)13-16-12-17(25-4)6-7-18(16)26-5/h6-7,12,14-15H,8-11,13H2,1-5H3. The fraction of sp³-hybridized carbons (Fsp3) is 0.600. The number of benzene rings is 1. The molecule has 0 amide bonds. The Balaban J connectivity index is 1.58. The van der Waals surface area contributed by atoms with E-state index in [9.17, 15) is 0 Å². The fourth-order valence-electron chi connectivity index (χ4n) is 3.36. The third-order valence-electron chi connectivity index (χ3n) is 5.17. The monoisotopic (exact) mass is 374 g/mol. The Morgan fingerprint density at radius 3 is 2.41 bits per heavy atom. The zero-order chi connectivity index (χ0) is 19.4. The Labute approximate surface area is 161 Å². The number of hydrogen-bond donors (Lipinski definition) is 0. The third kappa shape index (κ3) is 4.59. The molecule has 2 aromatic rings. The lowest BCUT2D eigenvalue weighted by molar-refractivity contribution is 0.0840. The molecule has 1 atom stereocenters. The Bertz CT molecular complexity index is 739. The van der Waals surface area contributed by atoms with Gasteiger partial charge in [-0.15, -0.1) is 0 Å². The minimum atomic E-state index is 0.138. The van der Waals surface area contributed by atoms with Crippen LogP contribution in [-0.2, 0) is 6.54 Å². The first-order chi connectivity index (χ1) is 13.0. The van der Waals surface area contributed by atoms with Gasteiger partial charge in [-0.2, -0.15) is 4.98 Å². The number of ether oxygens (including phenoxy) is 2. The second kappa shape index (κ2) is 8.71. The first-order valence-corrected chi connectivity index (χ1v) is 9.52. The van der Waals surface area contributed by atoms with Crippen molar-refractivity contribution in [2.45, 2.75) is 39.3 Å². The molecule has 0 aliphatic carbocycles. The Morgan fingerprint density at radius 1 is 1.07 bits per heavy atom. The normalized spacial score (nSPS) is 17.3. The molecule has 27 heavy (non-hydrogen) atoms. The molecule has 0 saturated carbocycles. The summed E-state index contributed by atoms with van der Waals surface area (Å²) in [5.41, 5.74) is 1.15. The van der Waals surface area contributed by atoms with Gasteiger partial charge in [0.2, 0.25) is 5.89 Å². The molecular weight excluding hydrogens is 344 g/mol. The van der Waals surface area contributed by atoms with Crippen molar-refractivity contribution in [2.24, 2.45) is 0 Å². The molecule has 148 valence electrons. The topological polar surface area (TPSA) is 63.9 Å². The van der Waals surface area contributed by atoms with Crippen LogP contribution in [0.25, 0.3) is 0 Å². The molecule has 2 heterocycles. The minimum absolute atomic E-state index is 0.138. The molecule has 0 spiro atoms. The molecular formula is C20H30N4O3. The van der Waals surface area contributed by atoms with Gasteiger partial charge in [-0.25, -0.2) is 0 Å². The Hall–Kier alpha value is -2.12. The second-order valence-electron chi connectivity index (χ2n) is 7.31. The number of nitrogens with zero attached hydrogens (tertiary/aromatic N) is 4. The van der Waals surface area contributed by atoms with E-state index in [1.165, 1.54) is 0 Å². The number of piperazine rings is 1. The molecule has 0 radical (unpaired) electrons. The summed E-state index contributed by atoms with van der Waals surface area (Å²) < 4.78 is 16.3. The number of hydrogen-bond acceptors (Lipinski definition) is 7. The van der Waals surface area contributed by atoms with Crippen LogP contribution in [0.2, 0.25) is 0 Å². The maximum absolute atomic E-state index is 5.50. The average Bonchev–Trinajstić information content (AvgIpc) is 3.18. The van der Waals surface area contributed by atoms with Gasteiger partial charge in [0.15, 0.2) is 5.82 Å². The summed E-state index contributed by atoms with van der Waals surface area (Å²) in [5, 5.41) is 4.09. The van der Waals surface area contributed by atoms with Crippen molar-refractivity contribution in [1.82, 2.24) is 19.9 Å². The van der Waals surface area contributed by atoms with Crippen LogP contribution in [0, 0.1) is 0 Å². The molecule has 1 aromatic carbocycles. The van der Waals surface area contributed by atoms with E-state index in [-0.39, 0.29) is 12.0 Å². The highest BCUT2D eigenvalue weighted by atomic mass is 16.5. The number of methoxy groups -OCH3 is 2. The van der Waals surface area contributed by atoms with E-state index in [0.29, 0.717) is 5.89 Å². The quantitative estimate of drug-likeness (QED) is 0.738. The van der Waals surface area contributed by atoms with Gasteiger partial charge < -0.3 is 14.0 Å². The number of rotatable bonds is 7. The zero-order valence-electron chi connectivity index (χ0n) is 16.9. The predicted octanol–water partition coefficient (Wildman–Crippen LogP) is 3.09. The third-order valence-corrected chi connectivity index (χ3v) is 5.17. The molecule has 0 N–H and O–H groups in total. The molecule has 1 saturated heterocycles. The van der Waals surface area contributed by atoms with Crippen molar-refractivity contribution in [3.63, 3.8) is 0 Å². The summed E-state index contributed by atoms with van der Waals surface area (Å²) in [7, 11) is 3.40. The van der Waals surface area contributed by atoms with Crippen molar-refractivity contribution >= 4 is 0 Å². The van der Waals surface area contributed by atoms with Crippen molar-refractivity contribution in [1.29, 1.82) is 0 Å². The van der Waals surface area contributed by atoms with Gasteiger partial charge in [0.25, 0.3) is 0 Å². The van der Waals surface area contributed by atoms with Crippen LogP contribution in [0.5, 0.6) is 11.5 Å². The van der Waals surface area contributed by atoms with Crippen molar-refractivity contribution < 1.29 is 14.0 Å². The van der Waals surface area contributed by atoms with Crippen molar-refractivity contribution in [2.75, 3.05) is 40.4 Å². The maximum atomic E-state index is 5.50. The van der Waals surface area contributed by atoms with Crippen LogP contribution in [0.1, 0.15) is 50.0 Å². The van der Waals surface area contributed by atoms with Crippen LogP contribution in [0.15, 0.2) is 22.7 Å². The van der Waals surface area contributed by atoms with Crippen LogP contribution < -0.4 is 9.47 Å². The minimum Gasteiger partial charge on any atom is -0.497 e. The van der Waals surface area contributed by atoms with E-state index in [2.05, 4.69) is 46.8 Å². The highest BCUT2D eigenvalue weighted by Gasteiger charge is 2.26. The second-order valence-corrected chi connectivity index (χ2v) is 7.31. The summed E-state index contributed by atoms with van der Waals surface area (Å²) in [6.45, 7) is 11.0. The Morgan fingerprint density at radius 2 is 1.81 bits per heavy atom. The predicted molar refractivity (Wildman–Crippen MR) is 103 cm³/mol. The molecule has 7 nitrogen and oxygen atoms in total. The largest absolute Gasteiger partial charge is 0.497 e. The zero-order valence-corrected chi connectivity index (χ0v) is 16.9. The molecule has 1 aromatic heterocycles. The van der Waals surface area contributed by atoms with Gasteiger partial charge in [-0.3, -0.25) is 9.80 Å². The van der Waals surface area contributed by atoms with Crippen LogP contribution >= 0.6 is 0 Å². The van der Waals surface area contributed by atoms with E-state index < -0.39 is 0 Å². The summed E-state index contributed by atoms with van der Waals surface area (Å²) in [4.78, 5) is 9.39. The SMILES string of the molecule is COc1ccc(OC)c(CN2CCN(C(C)c3nc(C(C)C)no3)CC2)c1. The van der Waals surface area contributed by atoms with Crippen molar-refractivity contribution in [3.8, 4) is 11.5 Å². The fourth-order valence-corrected chi connectivity index (χ4v) is 3.36. The summed E-state index contributed by atoms with van der Waals surface area (Å²) in [5.74, 6) is 3.53. The maximum Gasteiger partial charge on any atom is 0.243 e. The van der Waals surface area contributed by atoms with Gasteiger partial charge >= 0.3 is 0 Å². The first kappa shape index (κ1) is 19.6. The van der Waals surface area contributed by atoms with E-state index >= 15 is 0 Å². The Kier molecular flexibility index (Phi) is 6.34. The molecule has 1 aliphatic heterocycles. The van der Waals surface area contributed by atoms with E-state index in [1.807, 2.05) is 12.1 Å². The highest BCUT2D eigenvalue weighted by Crippen LogP contribution is 2.27. The summed E-state index contributed by atoms with van der Waals surface area (Å²) in [6.07, 6.45) is 0. The first-order valence-electron chi connectivity index (χ1n) is 9.52. The van der Waals surface area contributed by atoms with Gasteiger partial charge in [-0.05, 0) is 25.1 Å². The van der Waals surface area contributed by atoms with E-state index in [4.69, 9.17) is 14.0 Å². The lowest BCUT2D eigenvalue weighted by Gasteiger charge is -2.37.